The smallest absolute Gasteiger partial charge is 0.341 e. The number of anilines is 2. The fraction of sp³-hybridized carbons (Fsp3) is 0.143. The van der Waals surface area contributed by atoms with Crippen molar-refractivity contribution in [3.05, 3.63) is 45.8 Å². The number of nitrogens with one attached hydrogen (secondary N) is 1. The highest BCUT2D eigenvalue weighted by Crippen LogP contribution is 2.27. The highest BCUT2D eigenvalue weighted by Gasteiger charge is 2.19. The molecule has 0 spiro atoms. The molecule has 2 aromatic rings. The zero-order chi connectivity index (χ0) is 15.4. The van der Waals surface area contributed by atoms with Crippen LogP contribution in [0.3, 0.4) is 0 Å². The second-order valence-electron chi connectivity index (χ2n) is 4.04. The van der Waals surface area contributed by atoms with E-state index in [2.05, 4.69) is 5.32 Å². The van der Waals surface area contributed by atoms with E-state index in [-0.39, 0.29) is 22.9 Å². The lowest BCUT2D eigenvalue weighted by Gasteiger charge is -2.09. The Balaban J connectivity index is 2.25. The summed E-state index contributed by atoms with van der Waals surface area (Å²) in [6, 6.07) is 6.41. The van der Waals surface area contributed by atoms with Crippen molar-refractivity contribution in [2.45, 2.75) is 6.92 Å². The van der Waals surface area contributed by atoms with Crippen LogP contribution in [0.15, 0.2) is 29.6 Å². The second-order valence-corrected chi connectivity index (χ2v) is 5.37. The van der Waals surface area contributed by atoms with Gasteiger partial charge in [0.05, 0.1) is 22.8 Å². The molecule has 0 saturated heterocycles. The number of carbonyl (C=O) groups excluding carboxylic acids is 2. The van der Waals surface area contributed by atoms with Crippen LogP contribution in [0.1, 0.15) is 27.6 Å². The zero-order valence-electron chi connectivity index (χ0n) is 11.2. The molecule has 0 aliphatic heterocycles. The summed E-state index contributed by atoms with van der Waals surface area (Å²) in [6.45, 7) is 1.98. The topological polar surface area (TPSA) is 81.4 Å². The molecule has 5 nitrogen and oxygen atoms in total. The Labute approximate surface area is 130 Å². The first-order chi connectivity index (χ1) is 10.0. The lowest BCUT2D eigenvalue weighted by molar-refractivity contribution is 0.0528. The number of thiophene rings is 1. The van der Waals surface area contributed by atoms with Crippen LogP contribution in [0.4, 0.5) is 10.7 Å². The van der Waals surface area contributed by atoms with E-state index >= 15 is 0 Å². The van der Waals surface area contributed by atoms with Crippen molar-refractivity contribution in [3.8, 4) is 0 Å². The van der Waals surface area contributed by atoms with Crippen LogP contribution in [0.25, 0.3) is 0 Å². The third-order valence-corrected chi connectivity index (χ3v) is 3.81. The summed E-state index contributed by atoms with van der Waals surface area (Å²) >= 11 is 7.21. The van der Waals surface area contributed by atoms with Gasteiger partial charge in [0.25, 0.3) is 5.91 Å². The van der Waals surface area contributed by atoms with Crippen LogP contribution in [0.5, 0.6) is 0 Å². The van der Waals surface area contributed by atoms with Crippen LogP contribution in [-0.2, 0) is 4.74 Å². The third kappa shape index (κ3) is 3.34. The van der Waals surface area contributed by atoms with Gasteiger partial charge in [-0.25, -0.2) is 4.79 Å². The number of ether oxygens (including phenoxy) is 1. The van der Waals surface area contributed by atoms with E-state index in [0.717, 1.165) is 0 Å². The first-order valence-electron chi connectivity index (χ1n) is 6.14. The Hall–Kier alpha value is -2.05. The minimum atomic E-state index is -0.485. The monoisotopic (exact) mass is 324 g/mol. The lowest BCUT2D eigenvalue weighted by Crippen LogP contribution is -2.16. The molecule has 1 aromatic carbocycles. The Morgan fingerprint density at radius 2 is 2.14 bits per heavy atom. The molecule has 0 unspecified atom stereocenters. The van der Waals surface area contributed by atoms with Gasteiger partial charge in [0.1, 0.15) is 5.00 Å². The van der Waals surface area contributed by atoms with E-state index in [1.54, 1.807) is 36.6 Å². The molecule has 0 aliphatic carbocycles. The Bertz CT molecular complexity index is 664. The molecule has 2 rings (SSSR count). The van der Waals surface area contributed by atoms with E-state index in [1.165, 1.54) is 11.3 Å². The maximum Gasteiger partial charge on any atom is 0.341 e. The Kier molecular flexibility index (Phi) is 4.82. The number of amides is 1. The van der Waals surface area contributed by atoms with E-state index in [0.29, 0.717) is 10.6 Å². The minimum absolute atomic E-state index is 0.183. The summed E-state index contributed by atoms with van der Waals surface area (Å²) in [6.07, 6.45) is 0. The quantitative estimate of drug-likeness (QED) is 0.667. The lowest BCUT2D eigenvalue weighted by atomic mass is 10.1. The molecule has 21 heavy (non-hydrogen) atoms. The predicted octanol–water partition coefficient (Wildman–Crippen LogP) is 3.41. The summed E-state index contributed by atoms with van der Waals surface area (Å²) < 4.78 is 4.93. The first-order valence-corrected chi connectivity index (χ1v) is 7.40. The fourth-order valence-corrected chi connectivity index (χ4v) is 2.76. The summed E-state index contributed by atoms with van der Waals surface area (Å²) in [5.41, 5.74) is 6.52. The molecule has 0 saturated carbocycles. The molecule has 0 radical (unpaired) electrons. The molecule has 110 valence electrons. The molecule has 0 aliphatic rings. The highest BCUT2D eigenvalue weighted by atomic mass is 35.5. The molecule has 0 atom stereocenters. The number of carbonyl (C=O) groups is 2. The van der Waals surface area contributed by atoms with Gasteiger partial charge >= 0.3 is 5.97 Å². The van der Waals surface area contributed by atoms with Crippen LogP contribution >= 0.6 is 22.9 Å². The maximum atomic E-state index is 12.3. The summed E-state index contributed by atoms with van der Waals surface area (Å²) in [4.78, 5) is 24.0. The van der Waals surface area contributed by atoms with Gasteiger partial charge in [0.15, 0.2) is 0 Å². The van der Waals surface area contributed by atoms with E-state index in [1.807, 2.05) is 0 Å². The Morgan fingerprint density at radius 3 is 2.81 bits per heavy atom. The van der Waals surface area contributed by atoms with Gasteiger partial charge in [-0.15, -0.1) is 11.3 Å². The molecule has 1 heterocycles. The molecule has 7 heteroatoms. The molecule has 0 fully saturated rings. The summed E-state index contributed by atoms with van der Waals surface area (Å²) in [7, 11) is 0. The summed E-state index contributed by atoms with van der Waals surface area (Å²) in [5.74, 6) is -0.952. The van der Waals surface area contributed by atoms with Gasteiger partial charge in [0.2, 0.25) is 0 Å². The normalized spacial score (nSPS) is 10.2. The third-order valence-electron chi connectivity index (χ3n) is 2.66. The number of esters is 1. The molecular formula is C14H13ClN2O3S. The number of benzene rings is 1. The van der Waals surface area contributed by atoms with Gasteiger partial charge < -0.3 is 15.8 Å². The van der Waals surface area contributed by atoms with Gasteiger partial charge in [-0.05, 0) is 30.5 Å². The zero-order valence-corrected chi connectivity index (χ0v) is 12.8. The highest BCUT2D eigenvalue weighted by molar-refractivity contribution is 7.14. The van der Waals surface area contributed by atoms with Crippen molar-refractivity contribution >= 4 is 45.5 Å². The minimum Gasteiger partial charge on any atom is -0.462 e. The Morgan fingerprint density at radius 1 is 1.38 bits per heavy atom. The average molecular weight is 325 g/mol. The van der Waals surface area contributed by atoms with Crippen molar-refractivity contribution in [2.75, 3.05) is 17.7 Å². The van der Waals surface area contributed by atoms with Crippen LogP contribution in [0, 0.1) is 0 Å². The van der Waals surface area contributed by atoms with Gasteiger partial charge in [0, 0.05) is 5.69 Å². The summed E-state index contributed by atoms with van der Waals surface area (Å²) in [5, 5.41) is 4.99. The van der Waals surface area contributed by atoms with Gasteiger partial charge in [-0.1, -0.05) is 17.7 Å². The largest absolute Gasteiger partial charge is 0.462 e. The van der Waals surface area contributed by atoms with Crippen LogP contribution in [0.2, 0.25) is 5.02 Å². The average Bonchev–Trinajstić information content (AvgIpc) is 2.87. The van der Waals surface area contributed by atoms with Crippen LogP contribution < -0.4 is 11.1 Å². The molecule has 1 aromatic heterocycles. The predicted molar refractivity (Wildman–Crippen MR) is 84.1 cm³/mol. The van der Waals surface area contributed by atoms with E-state index in [9.17, 15) is 9.59 Å². The SMILES string of the molecule is CCOC(=O)c1ccsc1NC(=O)c1c(N)cccc1Cl. The van der Waals surface area contributed by atoms with Crippen molar-refractivity contribution in [1.82, 2.24) is 0 Å². The number of nitrogen functional groups attached to an aromatic ring is 1. The second kappa shape index (κ2) is 6.60. The van der Waals surface area contributed by atoms with Crippen molar-refractivity contribution in [2.24, 2.45) is 0 Å². The van der Waals surface area contributed by atoms with Crippen LogP contribution in [-0.4, -0.2) is 18.5 Å². The number of hydrogen-bond donors (Lipinski definition) is 2. The first kappa shape index (κ1) is 15.3. The van der Waals surface area contributed by atoms with Crippen molar-refractivity contribution < 1.29 is 14.3 Å². The molecule has 3 N–H and O–H groups in total. The number of rotatable bonds is 4. The number of nitrogens with two attached hydrogens (primary N) is 1. The number of halogens is 1. The van der Waals surface area contributed by atoms with Gasteiger partial charge in [-0.3, -0.25) is 4.79 Å². The van der Waals surface area contributed by atoms with Crippen molar-refractivity contribution in [3.63, 3.8) is 0 Å². The molecular weight excluding hydrogens is 312 g/mol. The molecule has 0 bridgehead atoms. The van der Waals surface area contributed by atoms with E-state index < -0.39 is 11.9 Å². The van der Waals surface area contributed by atoms with Gasteiger partial charge in [-0.2, -0.15) is 0 Å². The fourth-order valence-electron chi connectivity index (χ4n) is 1.72. The molecule has 1 amide bonds. The van der Waals surface area contributed by atoms with E-state index in [4.69, 9.17) is 22.1 Å². The van der Waals surface area contributed by atoms with Crippen molar-refractivity contribution in [1.29, 1.82) is 0 Å². The standard InChI is InChI=1S/C14H13ClN2O3S/c1-2-20-14(19)8-6-7-21-13(8)17-12(18)11-9(15)4-3-5-10(11)16/h3-7H,2,16H2,1H3,(H,17,18). The maximum absolute atomic E-state index is 12.3. The number of hydrogen-bond acceptors (Lipinski definition) is 5.